The lowest BCUT2D eigenvalue weighted by Crippen LogP contribution is -2.18. The molecule has 0 heterocycles. The predicted octanol–water partition coefficient (Wildman–Crippen LogP) is 2.64. The lowest BCUT2D eigenvalue weighted by molar-refractivity contribution is -0.117. The van der Waals surface area contributed by atoms with Crippen LogP contribution in [-0.2, 0) is 16.9 Å². The smallest absolute Gasteiger partial charge is 0.191 e. The third kappa shape index (κ3) is 2.17. The SMILES string of the molecule is CCc1cccc(C(C)(F)C=O)c1OC. The molecule has 0 aromatic heterocycles. The Balaban J connectivity index is 3.35. The number of para-hydroxylation sites is 1. The molecule has 0 aliphatic heterocycles. The van der Waals surface area contributed by atoms with Gasteiger partial charge in [-0.25, -0.2) is 4.39 Å². The van der Waals surface area contributed by atoms with Crippen molar-refractivity contribution in [3.63, 3.8) is 0 Å². The summed E-state index contributed by atoms with van der Waals surface area (Å²) in [7, 11) is 1.48. The van der Waals surface area contributed by atoms with Gasteiger partial charge < -0.3 is 4.74 Å². The van der Waals surface area contributed by atoms with Gasteiger partial charge in [0.15, 0.2) is 12.0 Å². The standard InChI is InChI=1S/C12H15FO2/c1-4-9-6-5-7-10(11(9)15-3)12(2,13)8-14/h5-8H,4H2,1-3H3. The molecular weight excluding hydrogens is 195 g/mol. The second-order valence-corrected chi connectivity index (χ2v) is 3.54. The van der Waals surface area contributed by atoms with Crippen molar-refractivity contribution in [1.82, 2.24) is 0 Å². The van der Waals surface area contributed by atoms with Gasteiger partial charge in [0, 0.05) is 5.56 Å². The molecule has 1 rings (SSSR count). The fraction of sp³-hybridized carbons (Fsp3) is 0.417. The molecule has 15 heavy (non-hydrogen) atoms. The number of aldehydes is 1. The summed E-state index contributed by atoms with van der Waals surface area (Å²) in [5.74, 6) is 0.470. The number of carbonyl (C=O) groups is 1. The third-order valence-corrected chi connectivity index (χ3v) is 2.43. The first-order chi connectivity index (χ1) is 7.06. The van der Waals surface area contributed by atoms with Crippen molar-refractivity contribution >= 4 is 6.29 Å². The summed E-state index contributed by atoms with van der Waals surface area (Å²) in [5.41, 5.74) is -0.795. The maximum atomic E-state index is 13.9. The zero-order valence-electron chi connectivity index (χ0n) is 9.21. The molecule has 0 amide bonds. The van der Waals surface area contributed by atoms with Crippen LogP contribution in [0.25, 0.3) is 0 Å². The zero-order chi connectivity index (χ0) is 11.5. The number of hydrogen-bond donors (Lipinski definition) is 0. The van der Waals surface area contributed by atoms with Crippen LogP contribution in [0.5, 0.6) is 5.75 Å². The fourth-order valence-electron chi connectivity index (χ4n) is 1.55. The van der Waals surface area contributed by atoms with E-state index in [4.69, 9.17) is 4.74 Å². The predicted molar refractivity (Wildman–Crippen MR) is 56.9 cm³/mol. The minimum Gasteiger partial charge on any atom is -0.496 e. The van der Waals surface area contributed by atoms with Gasteiger partial charge in [-0.1, -0.05) is 25.1 Å². The highest BCUT2D eigenvalue weighted by atomic mass is 19.1. The van der Waals surface area contributed by atoms with Gasteiger partial charge in [0.1, 0.15) is 5.75 Å². The van der Waals surface area contributed by atoms with E-state index in [1.165, 1.54) is 14.0 Å². The van der Waals surface area contributed by atoms with Crippen molar-refractivity contribution in [2.75, 3.05) is 7.11 Å². The highest BCUT2D eigenvalue weighted by Gasteiger charge is 2.29. The summed E-state index contributed by atoms with van der Waals surface area (Å²) in [6, 6.07) is 5.17. The number of benzene rings is 1. The first-order valence-electron chi connectivity index (χ1n) is 4.88. The number of ether oxygens (including phenoxy) is 1. The van der Waals surface area contributed by atoms with E-state index < -0.39 is 5.67 Å². The first-order valence-corrected chi connectivity index (χ1v) is 4.88. The maximum absolute atomic E-state index is 13.9. The summed E-state index contributed by atoms with van der Waals surface area (Å²) >= 11 is 0. The van der Waals surface area contributed by atoms with E-state index in [1.807, 2.05) is 13.0 Å². The van der Waals surface area contributed by atoms with Gasteiger partial charge in [0.05, 0.1) is 7.11 Å². The molecule has 0 radical (unpaired) electrons. The first kappa shape index (κ1) is 11.7. The zero-order valence-corrected chi connectivity index (χ0v) is 9.21. The van der Waals surface area contributed by atoms with Crippen molar-refractivity contribution in [3.05, 3.63) is 29.3 Å². The molecule has 0 saturated carbocycles. The van der Waals surface area contributed by atoms with E-state index in [9.17, 15) is 9.18 Å². The Labute approximate surface area is 89.1 Å². The number of halogens is 1. The molecule has 1 unspecified atom stereocenters. The maximum Gasteiger partial charge on any atom is 0.191 e. The van der Waals surface area contributed by atoms with Crippen molar-refractivity contribution in [2.45, 2.75) is 25.9 Å². The van der Waals surface area contributed by atoms with E-state index in [-0.39, 0.29) is 0 Å². The van der Waals surface area contributed by atoms with Gasteiger partial charge in [0.25, 0.3) is 0 Å². The van der Waals surface area contributed by atoms with E-state index in [0.717, 1.165) is 12.0 Å². The quantitative estimate of drug-likeness (QED) is 0.714. The average Bonchev–Trinajstić information content (AvgIpc) is 2.27. The Hall–Kier alpha value is -1.38. The molecule has 0 bridgehead atoms. The average molecular weight is 210 g/mol. The van der Waals surface area contributed by atoms with Gasteiger partial charge in [-0.15, -0.1) is 0 Å². The number of hydrogen-bond acceptors (Lipinski definition) is 2. The van der Waals surface area contributed by atoms with Gasteiger partial charge in [-0.3, -0.25) is 4.79 Å². The fourth-order valence-corrected chi connectivity index (χ4v) is 1.55. The van der Waals surface area contributed by atoms with Gasteiger partial charge in [-0.05, 0) is 18.9 Å². The Bertz CT molecular complexity index is 359. The van der Waals surface area contributed by atoms with Crippen LogP contribution in [-0.4, -0.2) is 13.4 Å². The van der Waals surface area contributed by atoms with Crippen LogP contribution in [0.4, 0.5) is 4.39 Å². The molecule has 0 fully saturated rings. The molecule has 3 heteroatoms. The topological polar surface area (TPSA) is 26.3 Å². The molecule has 1 aromatic rings. The molecular formula is C12H15FO2. The van der Waals surface area contributed by atoms with Crippen molar-refractivity contribution in [1.29, 1.82) is 0 Å². The lowest BCUT2D eigenvalue weighted by atomic mass is 9.95. The Morgan fingerprint density at radius 3 is 2.67 bits per heavy atom. The van der Waals surface area contributed by atoms with Crippen LogP contribution in [0.3, 0.4) is 0 Å². The molecule has 1 aromatic carbocycles. The van der Waals surface area contributed by atoms with Gasteiger partial charge in [-0.2, -0.15) is 0 Å². The molecule has 82 valence electrons. The van der Waals surface area contributed by atoms with Crippen molar-refractivity contribution in [2.24, 2.45) is 0 Å². The monoisotopic (exact) mass is 210 g/mol. The molecule has 0 spiro atoms. The summed E-state index contributed by atoms with van der Waals surface area (Å²) in [6.07, 6.45) is 1.04. The van der Waals surface area contributed by atoms with Gasteiger partial charge in [0.2, 0.25) is 0 Å². The Kier molecular flexibility index (Phi) is 3.45. The summed E-state index contributed by atoms with van der Waals surface area (Å²) in [6.45, 7) is 3.19. The summed E-state index contributed by atoms with van der Waals surface area (Å²) in [5, 5.41) is 0. The number of carbonyl (C=O) groups excluding carboxylic acids is 1. The lowest BCUT2D eigenvalue weighted by Gasteiger charge is -2.19. The number of methoxy groups -OCH3 is 1. The van der Waals surface area contributed by atoms with Crippen LogP contribution in [0.1, 0.15) is 25.0 Å². The number of rotatable bonds is 4. The Morgan fingerprint density at radius 1 is 1.53 bits per heavy atom. The molecule has 0 N–H and O–H groups in total. The van der Waals surface area contributed by atoms with Crippen molar-refractivity contribution < 1.29 is 13.9 Å². The van der Waals surface area contributed by atoms with E-state index in [0.29, 0.717) is 17.6 Å². The van der Waals surface area contributed by atoms with Crippen LogP contribution >= 0.6 is 0 Å². The second-order valence-electron chi connectivity index (χ2n) is 3.54. The number of aryl methyl sites for hydroxylation is 1. The van der Waals surface area contributed by atoms with E-state index >= 15 is 0 Å². The highest BCUT2D eigenvalue weighted by Crippen LogP contribution is 2.34. The normalized spacial score (nSPS) is 14.4. The molecule has 2 nitrogen and oxygen atoms in total. The third-order valence-electron chi connectivity index (χ3n) is 2.43. The van der Waals surface area contributed by atoms with E-state index in [2.05, 4.69) is 0 Å². The molecule has 0 aliphatic rings. The van der Waals surface area contributed by atoms with E-state index in [1.54, 1.807) is 12.1 Å². The van der Waals surface area contributed by atoms with Crippen LogP contribution in [0.2, 0.25) is 0 Å². The minimum absolute atomic E-state index is 0.291. The minimum atomic E-state index is -1.99. The number of alkyl halides is 1. The largest absolute Gasteiger partial charge is 0.496 e. The van der Waals surface area contributed by atoms with Crippen LogP contribution in [0.15, 0.2) is 18.2 Å². The molecule has 1 atom stereocenters. The highest BCUT2D eigenvalue weighted by molar-refractivity contribution is 5.68. The van der Waals surface area contributed by atoms with Crippen LogP contribution in [0, 0.1) is 0 Å². The summed E-state index contributed by atoms with van der Waals surface area (Å²) in [4.78, 5) is 10.7. The van der Waals surface area contributed by atoms with Gasteiger partial charge >= 0.3 is 0 Å². The molecule has 0 aliphatic carbocycles. The molecule has 0 saturated heterocycles. The summed E-state index contributed by atoms with van der Waals surface area (Å²) < 4.78 is 19.0. The van der Waals surface area contributed by atoms with Crippen molar-refractivity contribution in [3.8, 4) is 5.75 Å². The Morgan fingerprint density at radius 2 is 2.20 bits per heavy atom. The van der Waals surface area contributed by atoms with Crippen LogP contribution < -0.4 is 4.74 Å². The second kappa shape index (κ2) is 4.43.